The normalized spacial score (nSPS) is 11.1. The number of aryl methyl sites for hydroxylation is 2. The van der Waals surface area contributed by atoms with Crippen LogP contribution < -0.4 is 5.56 Å². The number of fused-ring (bicyclic) bond motifs is 1. The van der Waals surface area contributed by atoms with Crippen molar-refractivity contribution in [2.75, 3.05) is 0 Å². The molecule has 0 spiro atoms. The number of nitrogens with zero attached hydrogens (tertiary/aromatic N) is 1. The summed E-state index contributed by atoms with van der Waals surface area (Å²) in [6.07, 6.45) is 2.79. The standard InChI is InChI=1S/C17H18N2OS2/c1-2-13-11-14-15(22-13)18-17(21)19(16(14)20)10-6-9-12-7-4-3-5-8-12/h3-5,7-8,11H,2,6,9-10H2,1H3,(H,18,21). The summed E-state index contributed by atoms with van der Waals surface area (Å²) in [7, 11) is 0. The Hall–Kier alpha value is -1.72. The van der Waals surface area contributed by atoms with Gasteiger partial charge in [0.25, 0.3) is 5.56 Å². The molecule has 0 radical (unpaired) electrons. The highest BCUT2D eigenvalue weighted by atomic mass is 32.1. The summed E-state index contributed by atoms with van der Waals surface area (Å²) in [6.45, 7) is 2.74. The number of hydrogen-bond donors (Lipinski definition) is 1. The van der Waals surface area contributed by atoms with Gasteiger partial charge in [0.15, 0.2) is 4.77 Å². The maximum Gasteiger partial charge on any atom is 0.263 e. The van der Waals surface area contributed by atoms with Gasteiger partial charge in [-0.15, -0.1) is 11.3 Å². The summed E-state index contributed by atoms with van der Waals surface area (Å²) >= 11 is 6.98. The number of aromatic amines is 1. The van der Waals surface area contributed by atoms with Gasteiger partial charge in [-0.25, -0.2) is 0 Å². The Balaban J connectivity index is 1.84. The van der Waals surface area contributed by atoms with Gasteiger partial charge in [-0.05, 0) is 43.1 Å². The van der Waals surface area contributed by atoms with Gasteiger partial charge in [-0.1, -0.05) is 37.3 Å². The zero-order valence-electron chi connectivity index (χ0n) is 12.5. The summed E-state index contributed by atoms with van der Waals surface area (Å²) < 4.78 is 2.21. The highest BCUT2D eigenvalue weighted by molar-refractivity contribution is 7.71. The summed E-state index contributed by atoms with van der Waals surface area (Å²) in [4.78, 5) is 17.9. The fraction of sp³-hybridized carbons (Fsp3) is 0.294. The van der Waals surface area contributed by atoms with E-state index < -0.39 is 0 Å². The number of hydrogen-bond acceptors (Lipinski definition) is 3. The van der Waals surface area contributed by atoms with Crippen molar-refractivity contribution in [1.29, 1.82) is 0 Å². The van der Waals surface area contributed by atoms with Crippen LogP contribution in [0.25, 0.3) is 10.2 Å². The molecule has 5 heteroatoms. The van der Waals surface area contributed by atoms with E-state index in [1.165, 1.54) is 10.4 Å². The lowest BCUT2D eigenvalue weighted by atomic mass is 10.1. The van der Waals surface area contributed by atoms with Gasteiger partial charge < -0.3 is 4.98 Å². The molecule has 3 nitrogen and oxygen atoms in total. The number of H-pyrrole nitrogens is 1. The molecule has 0 aliphatic heterocycles. The summed E-state index contributed by atoms with van der Waals surface area (Å²) in [5.74, 6) is 0. The van der Waals surface area contributed by atoms with Crippen molar-refractivity contribution in [2.24, 2.45) is 0 Å². The molecule has 0 saturated heterocycles. The molecule has 0 atom stereocenters. The molecule has 2 heterocycles. The first-order chi connectivity index (χ1) is 10.7. The summed E-state index contributed by atoms with van der Waals surface area (Å²) in [6, 6.07) is 12.3. The topological polar surface area (TPSA) is 37.8 Å². The van der Waals surface area contributed by atoms with Crippen LogP contribution in [-0.2, 0) is 19.4 Å². The number of rotatable bonds is 5. The molecule has 22 heavy (non-hydrogen) atoms. The Kier molecular flexibility index (Phi) is 4.55. The van der Waals surface area contributed by atoms with Crippen molar-refractivity contribution >= 4 is 33.8 Å². The van der Waals surface area contributed by atoms with Crippen LogP contribution in [0.5, 0.6) is 0 Å². The Morgan fingerprint density at radius 2 is 2.05 bits per heavy atom. The lowest BCUT2D eigenvalue weighted by Gasteiger charge is -2.06. The van der Waals surface area contributed by atoms with Crippen molar-refractivity contribution in [2.45, 2.75) is 32.7 Å². The largest absolute Gasteiger partial charge is 0.323 e. The SMILES string of the molecule is CCc1cc2c(=O)n(CCCc3ccccc3)c(=S)[nH]c2s1. The zero-order valence-corrected chi connectivity index (χ0v) is 14.1. The van der Waals surface area contributed by atoms with Crippen LogP contribution in [0.3, 0.4) is 0 Å². The maximum absolute atomic E-state index is 12.6. The van der Waals surface area contributed by atoms with Gasteiger partial charge in [0.1, 0.15) is 4.83 Å². The van der Waals surface area contributed by atoms with Gasteiger partial charge in [0, 0.05) is 11.4 Å². The van der Waals surface area contributed by atoms with Gasteiger partial charge >= 0.3 is 0 Å². The summed E-state index contributed by atoms with van der Waals surface area (Å²) in [5.41, 5.74) is 1.32. The first-order valence-corrected chi connectivity index (χ1v) is 8.71. The molecule has 0 aliphatic carbocycles. The van der Waals surface area contributed by atoms with Crippen molar-refractivity contribution < 1.29 is 0 Å². The van der Waals surface area contributed by atoms with Crippen molar-refractivity contribution in [3.63, 3.8) is 0 Å². The molecule has 2 aromatic heterocycles. The molecule has 0 fully saturated rings. The van der Waals surface area contributed by atoms with Crippen LogP contribution in [0.1, 0.15) is 23.8 Å². The third-order valence-electron chi connectivity index (χ3n) is 3.76. The van der Waals surface area contributed by atoms with Crippen LogP contribution in [-0.4, -0.2) is 9.55 Å². The molecule has 3 rings (SSSR count). The van der Waals surface area contributed by atoms with E-state index in [4.69, 9.17) is 12.2 Å². The van der Waals surface area contributed by atoms with E-state index >= 15 is 0 Å². The van der Waals surface area contributed by atoms with Crippen LogP contribution in [0.2, 0.25) is 0 Å². The third kappa shape index (κ3) is 3.05. The monoisotopic (exact) mass is 330 g/mol. The van der Waals surface area contributed by atoms with E-state index in [0.717, 1.165) is 29.5 Å². The number of benzene rings is 1. The number of nitrogens with one attached hydrogen (secondary N) is 1. The molecule has 0 aliphatic rings. The van der Waals surface area contributed by atoms with Gasteiger partial charge in [0.2, 0.25) is 0 Å². The number of aromatic nitrogens is 2. The van der Waals surface area contributed by atoms with Gasteiger partial charge in [0.05, 0.1) is 5.39 Å². The fourth-order valence-electron chi connectivity index (χ4n) is 2.56. The second-order valence-electron chi connectivity index (χ2n) is 5.29. The molecule has 3 aromatic rings. The van der Waals surface area contributed by atoms with Gasteiger partial charge in [-0.2, -0.15) is 0 Å². The molecule has 114 valence electrons. The van der Waals surface area contributed by atoms with Crippen LogP contribution >= 0.6 is 23.6 Å². The lowest BCUT2D eigenvalue weighted by molar-refractivity contribution is 0.610. The van der Waals surface area contributed by atoms with Crippen molar-refractivity contribution in [3.8, 4) is 0 Å². The van der Waals surface area contributed by atoms with Crippen molar-refractivity contribution in [3.05, 3.63) is 62.0 Å². The second-order valence-corrected chi connectivity index (χ2v) is 6.81. The van der Waals surface area contributed by atoms with Crippen LogP contribution in [0.4, 0.5) is 0 Å². The first kappa shape index (κ1) is 15.2. The van der Waals surface area contributed by atoms with E-state index in [2.05, 4.69) is 24.0 Å². The first-order valence-electron chi connectivity index (χ1n) is 7.48. The third-order valence-corrected chi connectivity index (χ3v) is 5.28. The molecular formula is C17H18N2OS2. The minimum absolute atomic E-state index is 0.0303. The average Bonchev–Trinajstić information content (AvgIpc) is 2.95. The molecule has 1 aromatic carbocycles. The lowest BCUT2D eigenvalue weighted by Crippen LogP contribution is -2.21. The van der Waals surface area contributed by atoms with E-state index in [1.54, 1.807) is 15.9 Å². The van der Waals surface area contributed by atoms with Crippen LogP contribution in [0.15, 0.2) is 41.2 Å². The minimum Gasteiger partial charge on any atom is -0.323 e. The quantitative estimate of drug-likeness (QED) is 0.708. The summed E-state index contributed by atoms with van der Waals surface area (Å²) in [5, 5.41) is 0.759. The Morgan fingerprint density at radius 1 is 1.27 bits per heavy atom. The van der Waals surface area contributed by atoms with Crippen molar-refractivity contribution in [1.82, 2.24) is 9.55 Å². The highest BCUT2D eigenvalue weighted by Crippen LogP contribution is 2.21. The molecule has 0 bridgehead atoms. The molecule has 0 amide bonds. The molecule has 1 N–H and O–H groups in total. The predicted molar refractivity (Wildman–Crippen MR) is 95.4 cm³/mol. The predicted octanol–water partition coefficient (Wildman–Crippen LogP) is 4.32. The Bertz CT molecular complexity index is 890. The highest BCUT2D eigenvalue weighted by Gasteiger charge is 2.09. The smallest absolute Gasteiger partial charge is 0.263 e. The van der Waals surface area contributed by atoms with Crippen LogP contribution in [0, 0.1) is 4.77 Å². The minimum atomic E-state index is 0.0303. The Labute approximate surface area is 138 Å². The van der Waals surface area contributed by atoms with Gasteiger partial charge in [-0.3, -0.25) is 9.36 Å². The van der Waals surface area contributed by atoms with E-state index in [0.29, 0.717) is 11.3 Å². The van der Waals surface area contributed by atoms with E-state index in [9.17, 15) is 4.79 Å². The Morgan fingerprint density at radius 3 is 2.77 bits per heavy atom. The fourth-order valence-corrected chi connectivity index (χ4v) is 3.89. The average molecular weight is 330 g/mol. The molecule has 0 unspecified atom stereocenters. The van der Waals surface area contributed by atoms with E-state index in [1.807, 2.05) is 24.3 Å². The molecule has 0 saturated carbocycles. The zero-order chi connectivity index (χ0) is 15.5. The maximum atomic E-state index is 12.6. The second kappa shape index (κ2) is 6.58. The molecular weight excluding hydrogens is 312 g/mol. The van der Waals surface area contributed by atoms with E-state index in [-0.39, 0.29) is 5.56 Å². The number of thiophene rings is 1.